The van der Waals surface area contributed by atoms with Gasteiger partial charge in [0.1, 0.15) is 0 Å². The average molecular weight is 349 g/mol. The van der Waals surface area contributed by atoms with Crippen molar-refractivity contribution in [3.8, 4) is 22.3 Å². The van der Waals surface area contributed by atoms with Crippen LogP contribution in [-0.4, -0.2) is 14.8 Å². The predicted molar refractivity (Wildman–Crippen MR) is 97.9 cm³/mol. The van der Waals surface area contributed by atoms with Crippen LogP contribution in [0.25, 0.3) is 22.3 Å². The molecule has 1 heterocycles. The molecule has 0 bridgehead atoms. The molecule has 0 aliphatic rings. The first-order chi connectivity index (χ1) is 12.4. The molecule has 26 heavy (non-hydrogen) atoms. The molecule has 0 atom stereocenters. The van der Waals surface area contributed by atoms with Crippen molar-refractivity contribution in [2.45, 2.75) is 13.8 Å². The van der Waals surface area contributed by atoms with E-state index in [0.717, 1.165) is 11.1 Å². The number of hydrogen-bond donors (Lipinski definition) is 0. The van der Waals surface area contributed by atoms with Crippen LogP contribution in [0.15, 0.2) is 54.9 Å². The zero-order valence-corrected chi connectivity index (χ0v) is 14.2. The van der Waals surface area contributed by atoms with Crippen LogP contribution in [0.5, 0.6) is 0 Å². The SMILES string of the molecule is Cc1ccc([N+](=O)[O-])c(-c2cncc(-c3cc(C)ccc3[N+](=O)[O-])c2)c1. The van der Waals surface area contributed by atoms with Crippen molar-refractivity contribution in [1.82, 2.24) is 4.98 Å². The first-order valence-electron chi connectivity index (χ1n) is 7.82. The first kappa shape index (κ1) is 17.2. The maximum Gasteiger partial charge on any atom is 0.277 e. The maximum absolute atomic E-state index is 11.3. The Morgan fingerprint density at radius 2 is 1.15 bits per heavy atom. The monoisotopic (exact) mass is 349 g/mol. The lowest BCUT2D eigenvalue weighted by Gasteiger charge is -2.08. The lowest BCUT2D eigenvalue weighted by molar-refractivity contribution is -0.384. The highest BCUT2D eigenvalue weighted by molar-refractivity contribution is 5.80. The highest BCUT2D eigenvalue weighted by Crippen LogP contribution is 2.35. The summed E-state index contributed by atoms with van der Waals surface area (Å²) in [5.41, 5.74) is 3.61. The molecule has 130 valence electrons. The molecule has 1 aromatic heterocycles. The second-order valence-electron chi connectivity index (χ2n) is 6.02. The van der Waals surface area contributed by atoms with E-state index < -0.39 is 9.85 Å². The quantitative estimate of drug-likeness (QED) is 0.495. The second kappa shape index (κ2) is 6.72. The molecule has 2 aromatic carbocycles. The highest BCUT2D eigenvalue weighted by Gasteiger charge is 2.19. The maximum atomic E-state index is 11.3. The van der Waals surface area contributed by atoms with Crippen molar-refractivity contribution in [2.75, 3.05) is 0 Å². The molecule has 3 aromatic rings. The number of nitro groups is 2. The number of aromatic nitrogens is 1. The molecule has 0 aliphatic heterocycles. The fraction of sp³-hybridized carbons (Fsp3) is 0.105. The van der Waals surface area contributed by atoms with Crippen molar-refractivity contribution in [3.05, 3.63) is 86.2 Å². The summed E-state index contributed by atoms with van der Waals surface area (Å²) in [4.78, 5) is 25.9. The van der Waals surface area contributed by atoms with Crippen LogP contribution in [0.1, 0.15) is 11.1 Å². The molecule has 0 spiro atoms. The molecule has 0 radical (unpaired) electrons. The van der Waals surface area contributed by atoms with Gasteiger partial charge in [-0.3, -0.25) is 25.2 Å². The Kier molecular flexibility index (Phi) is 4.45. The van der Waals surface area contributed by atoms with Gasteiger partial charge in [0, 0.05) is 35.7 Å². The zero-order chi connectivity index (χ0) is 18.8. The average Bonchev–Trinajstić information content (AvgIpc) is 2.61. The second-order valence-corrected chi connectivity index (χ2v) is 6.02. The number of hydrogen-bond acceptors (Lipinski definition) is 5. The van der Waals surface area contributed by atoms with E-state index in [2.05, 4.69) is 4.98 Å². The van der Waals surface area contributed by atoms with E-state index in [0.29, 0.717) is 22.3 Å². The summed E-state index contributed by atoms with van der Waals surface area (Å²) < 4.78 is 0. The van der Waals surface area contributed by atoms with Crippen LogP contribution in [0, 0.1) is 34.1 Å². The lowest BCUT2D eigenvalue weighted by atomic mass is 9.98. The number of rotatable bonds is 4. The molecule has 0 unspecified atom stereocenters. The van der Waals surface area contributed by atoms with E-state index in [9.17, 15) is 20.2 Å². The molecule has 0 saturated heterocycles. The number of nitrogens with zero attached hydrogens (tertiary/aromatic N) is 3. The third-order valence-corrected chi connectivity index (χ3v) is 4.06. The van der Waals surface area contributed by atoms with Gasteiger partial charge in [0.25, 0.3) is 11.4 Å². The van der Waals surface area contributed by atoms with E-state index in [1.165, 1.54) is 24.5 Å². The molecular weight excluding hydrogens is 334 g/mol. The summed E-state index contributed by atoms with van der Waals surface area (Å²) in [6, 6.07) is 11.4. The van der Waals surface area contributed by atoms with E-state index in [1.807, 2.05) is 13.8 Å². The predicted octanol–water partition coefficient (Wildman–Crippen LogP) is 4.85. The number of nitro benzene ring substituents is 2. The summed E-state index contributed by atoms with van der Waals surface area (Å²) in [7, 11) is 0. The van der Waals surface area contributed by atoms with Crippen molar-refractivity contribution < 1.29 is 9.85 Å². The van der Waals surface area contributed by atoms with Gasteiger partial charge in [0.15, 0.2) is 0 Å². The van der Waals surface area contributed by atoms with Gasteiger partial charge in [-0.05, 0) is 32.0 Å². The van der Waals surface area contributed by atoms with Crippen molar-refractivity contribution in [1.29, 1.82) is 0 Å². The van der Waals surface area contributed by atoms with Crippen LogP contribution < -0.4 is 0 Å². The Morgan fingerprint density at radius 3 is 1.54 bits per heavy atom. The largest absolute Gasteiger partial charge is 0.277 e. The Balaban J connectivity index is 2.21. The van der Waals surface area contributed by atoms with Gasteiger partial charge in [-0.25, -0.2) is 0 Å². The summed E-state index contributed by atoms with van der Waals surface area (Å²) >= 11 is 0. The molecule has 0 aliphatic carbocycles. The minimum Gasteiger partial charge on any atom is -0.263 e. The van der Waals surface area contributed by atoms with Crippen molar-refractivity contribution in [2.24, 2.45) is 0 Å². The smallest absolute Gasteiger partial charge is 0.263 e. The Hall–Kier alpha value is -3.61. The fourth-order valence-corrected chi connectivity index (χ4v) is 2.82. The third-order valence-electron chi connectivity index (χ3n) is 4.06. The van der Waals surface area contributed by atoms with Crippen LogP contribution in [0.4, 0.5) is 11.4 Å². The highest BCUT2D eigenvalue weighted by atomic mass is 16.6. The van der Waals surface area contributed by atoms with Gasteiger partial charge in [-0.15, -0.1) is 0 Å². The molecular formula is C19H15N3O4. The summed E-state index contributed by atoms with van der Waals surface area (Å²) in [5, 5.41) is 22.7. The molecule has 0 saturated carbocycles. The third kappa shape index (κ3) is 3.27. The standard InChI is InChI=1S/C19H15N3O4/c1-12-3-5-18(21(23)24)16(7-12)14-9-15(11-20-10-14)17-8-13(2)4-6-19(17)22(25)26/h3-11H,1-2H3. The summed E-state index contributed by atoms with van der Waals surface area (Å²) in [6.07, 6.45) is 3.04. The number of benzene rings is 2. The number of pyridine rings is 1. The summed E-state index contributed by atoms with van der Waals surface area (Å²) in [6.45, 7) is 3.69. The fourth-order valence-electron chi connectivity index (χ4n) is 2.82. The normalized spacial score (nSPS) is 10.5. The summed E-state index contributed by atoms with van der Waals surface area (Å²) in [5.74, 6) is 0. The van der Waals surface area contributed by atoms with E-state index >= 15 is 0 Å². The van der Waals surface area contributed by atoms with Gasteiger partial charge in [0.05, 0.1) is 21.0 Å². The van der Waals surface area contributed by atoms with Crippen molar-refractivity contribution in [3.63, 3.8) is 0 Å². The van der Waals surface area contributed by atoms with Gasteiger partial charge < -0.3 is 0 Å². The lowest BCUT2D eigenvalue weighted by Crippen LogP contribution is -1.95. The molecule has 3 rings (SSSR count). The number of aryl methyl sites for hydroxylation is 2. The topological polar surface area (TPSA) is 99.2 Å². The van der Waals surface area contributed by atoms with Crippen molar-refractivity contribution >= 4 is 11.4 Å². The first-order valence-corrected chi connectivity index (χ1v) is 7.82. The minimum absolute atomic E-state index is 0.0340. The van der Waals surface area contributed by atoms with E-state index in [-0.39, 0.29) is 11.4 Å². The van der Waals surface area contributed by atoms with Gasteiger partial charge in [-0.1, -0.05) is 23.3 Å². The van der Waals surface area contributed by atoms with E-state index in [4.69, 9.17) is 0 Å². The van der Waals surface area contributed by atoms with Crippen LogP contribution in [-0.2, 0) is 0 Å². The molecule has 0 fully saturated rings. The molecule has 0 N–H and O–H groups in total. The van der Waals surface area contributed by atoms with Gasteiger partial charge in [0.2, 0.25) is 0 Å². The molecule has 7 nitrogen and oxygen atoms in total. The zero-order valence-electron chi connectivity index (χ0n) is 14.2. The Labute approximate surface area is 149 Å². The minimum atomic E-state index is -0.448. The van der Waals surface area contributed by atoms with Gasteiger partial charge in [-0.2, -0.15) is 0 Å². The van der Waals surface area contributed by atoms with Crippen LogP contribution in [0.3, 0.4) is 0 Å². The van der Waals surface area contributed by atoms with Crippen LogP contribution in [0.2, 0.25) is 0 Å². The molecule has 0 amide bonds. The van der Waals surface area contributed by atoms with Gasteiger partial charge >= 0.3 is 0 Å². The van der Waals surface area contributed by atoms with E-state index in [1.54, 1.807) is 30.3 Å². The van der Waals surface area contributed by atoms with Crippen LogP contribution >= 0.6 is 0 Å². The Morgan fingerprint density at radius 1 is 0.731 bits per heavy atom. The molecule has 7 heteroatoms. The Bertz CT molecular complexity index is 952.